The lowest BCUT2D eigenvalue weighted by molar-refractivity contribution is -0.118. The largest absolute Gasteiger partial charge is 0.456 e. The van der Waals surface area contributed by atoms with Gasteiger partial charge < -0.3 is 10.1 Å². The number of anilines is 1. The summed E-state index contributed by atoms with van der Waals surface area (Å²) in [6.45, 7) is 12.0. The molecule has 1 saturated carbocycles. The molecule has 0 atom stereocenters. The molecule has 0 unspecified atom stereocenters. The zero-order chi connectivity index (χ0) is 28.2. The van der Waals surface area contributed by atoms with Gasteiger partial charge in [-0.2, -0.15) is 9.94 Å². The van der Waals surface area contributed by atoms with Crippen molar-refractivity contribution >= 4 is 23.2 Å². The van der Waals surface area contributed by atoms with Crippen LogP contribution >= 0.6 is 11.6 Å². The fourth-order valence-electron chi connectivity index (χ4n) is 3.27. The fraction of sp³-hybridized carbons (Fsp3) is 0.393. The average Bonchev–Trinajstić information content (AvgIpc) is 3.56. The average molecular weight is 538 g/mol. The minimum atomic E-state index is -0.857. The molecule has 9 nitrogen and oxygen atoms in total. The van der Waals surface area contributed by atoms with Gasteiger partial charge in [0.05, 0.1) is 10.7 Å². The number of nitriles is 1. The van der Waals surface area contributed by atoms with Crippen molar-refractivity contribution in [2.24, 2.45) is 11.3 Å². The molecule has 0 aliphatic heterocycles. The molecule has 200 valence electrons. The predicted octanol–water partition coefficient (Wildman–Crippen LogP) is 5.51. The molecule has 2 aromatic carbocycles. The number of aromatic amines is 1. The molecule has 1 amide bonds. The summed E-state index contributed by atoms with van der Waals surface area (Å²) in [5.74, 6) is 0.701. The van der Waals surface area contributed by atoms with E-state index in [2.05, 4.69) is 29.2 Å². The summed E-state index contributed by atoms with van der Waals surface area (Å²) >= 11 is 6.48. The highest BCUT2D eigenvalue weighted by molar-refractivity contribution is 6.32. The molecule has 0 spiro atoms. The second-order valence-electron chi connectivity index (χ2n) is 10.3. The minimum absolute atomic E-state index is 0.0793. The molecule has 1 heterocycles. The maximum Gasteiger partial charge on any atom is 0.349 e. The summed E-state index contributed by atoms with van der Waals surface area (Å²) in [4.78, 5) is 37.9. The Labute approximate surface area is 226 Å². The number of nitrogens with zero attached hydrogens (tertiary/aromatic N) is 3. The number of halogens is 1. The smallest absolute Gasteiger partial charge is 0.349 e. The van der Waals surface area contributed by atoms with E-state index in [1.807, 2.05) is 27.7 Å². The van der Waals surface area contributed by atoms with Crippen LogP contribution in [0.4, 0.5) is 5.69 Å². The van der Waals surface area contributed by atoms with Crippen LogP contribution in [0.5, 0.6) is 11.5 Å². The van der Waals surface area contributed by atoms with Gasteiger partial charge in [0.1, 0.15) is 17.6 Å². The van der Waals surface area contributed by atoms with Crippen LogP contribution in [0.25, 0.3) is 5.69 Å². The Hall–Kier alpha value is -3.90. The van der Waals surface area contributed by atoms with E-state index in [-0.39, 0.29) is 22.5 Å². The zero-order valence-electron chi connectivity index (χ0n) is 22.4. The van der Waals surface area contributed by atoms with Crippen molar-refractivity contribution in [3.05, 3.63) is 73.0 Å². The first-order valence-corrected chi connectivity index (χ1v) is 12.8. The fourth-order valence-corrected chi connectivity index (χ4v) is 3.54. The van der Waals surface area contributed by atoms with Crippen molar-refractivity contribution in [1.29, 1.82) is 5.26 Å². The SMILES string of the molecule is CC1(C)CC1.CCc1cc(-n2nc(C#N)c(=O)[nH]c2=O)cc(Cl)c1Oc1ccc(NC(=O)C(C)C)c(C)c1. The molecular formula is C28H32ClN5O4. The first-order chi connectivity index (χ1) is 17.8. The monoisotopic (exact) mass is 537 g/mol. The quantitative estimate of drug-likeness (QED) is 0.426. The lowest BCUT2D eigenvalue weighted by Gasteiger charge is -2.16. The van der Waals surface area contributed by atoms with Crippen molar-refractivity contribution in [2.45, 2.75) is 60.8 Å². The molecule has 2 N–H and O–H groups in total. The molecule has 1 aliphatic rings. The number of benzene rings is 2. The molecule has 0 bridgehead atoms. The number of H-pyrrole nitrogens is 1. The number of carbonyl (C=O) groups excluding carboxylic acids is 1. The van der Waals surface area contributed by atoms with Gasteiger partial charge in [0.25, 0.3) is 5.56 Å². The number of carbonyl (C=O) groups is 1. The van der Waals surface area contributed by atoms with Gasteiger partial charge in [0.15, 0.2) is 0 Å². The van der Waals surface area contributed by atoms with Gasteiger partial charge in [-0.15, -0.1) is 5.10 Å². The van der Waals surface area contributed by atoms with E-state index in [1.54, 1.807) is 30.3 Å². The van der Waals surface area contributed by atoms with Crippen molar-refractivity contribution < 1.29 is 9.53 Å². The number of nitrogens with one attached hydrogen (secondary N) is 2. The van der Waals surface area contributed by atoms with Crippen LogP contribution in [-0.2, 0) is 11.2 Å². The Morgan fingerprint density at radius 2 is 1.92 bits per heavy atom. The van der Waals surface area contributed by atoms with Gasteiger partial charge in [0.2, 0.25) is 11.6 Å². The number of ether oxygens (including phenoxy) is 1. The van der Waals surface area contributed by atoms with Crippen LogP contribution in [0.3, 0.4) is 0 Å². The van der Waals surface area contributed by atoms with E-state index in [4.69, 9.17) is 21.6 Å². The van der Waals surface area contributed by atoms with Crippen LogP contribution in [0.15, 0.2) is 39.9 Å². The van der Waals surface area contributed by atoms with Gasteiger partial charge in [-0.05, 0) is 73.1 Å². The van der Waals surface area contributed by atoms with Crippen LogP contribution in [0.1, 0.15) is 64.3 Å². The lowest BCUT2D eigenvalue weighted by atomic mass is 10.1. The molecule has 38 heavy (non-hydrogen) atoms. The normalized spacial score (nSPS) is 13.2. The Morgan fingerprint density at radius 3 is 2.45 bits per heavy atom. The third-order valence-electron chi connectivity index (χ3n) is 6.11. The van der Waals surface area contributed by atoms with E-state index >= 15 is 0 Å². The highest BCUT2D eigenvalue weighted by Crippen LogP contribution is 2.43. The summed E-state index contributed by atoms with van der Waals surface area (Å²) in [6.07, 6.45) is 3.42. The molecule has 10 heteroatoms. The Morgan fingerprint density at radius 1 is 1.26 bits per heavy atom. The third-order valence-corrected chi connectivity index (χ3v) is 6.40. The standard InChI is InChI=1S/C23H22ClN5O4.C5H10/c1-5-14-9-15(29-23(32)27-22(31)19(11-25)28-29)10-17(24)20(14)33-16-6-7-18(13(4)8-16)26-21(30)12(2)3;1-5(2)3-4-5/h6-10,12H,5H2,1-4H3,(H,26,30)(H,27,31,32);3-4H2,1-2H3. The van der Waals surface area contributed by atoms with E-state index in [0.29, 0.717) is 29.2 Å². The summed E-state index contributed by atoms with van der Waals surface area (Å²) in [6, 6.07) is 10.0. The second-order valence-corrected chi connectivity index (χ2v) is 10.7. The molecule has 0 saturated heterocycles. The number of aryl methyl sites for hydroxylation is 2. The summed E-state index contributed by atoms with van der Waals surface area (Å²) < 4.78 is 6.95. The van der Waals surface area contributed by atoms with Crippen LogP contribution in [-0.4, -0.2) is 20.7 Å². The Kier molecular flexibility index (Phi) is 8.79. The third kappa shape index (κ3) is 7.11. The Bertz CT molecular complexity index is 1510. The molecule has 4 rings (SSSR count). The number of hydrogen-bond acceptors (Lipinski definition) is 6. The molecule has 1 aromatic heterocycles. The van der Waals surface area contributed by atoms with Gasteiger partial charge in [-0.1, -0.05) is 46.2 Å². The number of rotatable bonds is 6. The van der Waals surface area contributed by atoms with Crippen molar-refractivity contribution in [2.75, 3.05) is 5.32 Å². The summed E-state index contributed by atoms with van der Waals surface area (Å²) in [5.41, 5.74) is 1.14. The molecule has 1 aliphatic carbocycles. The van der Waals surface area contributed by atoms with Crippen molar-refractivity contribution in [3.8, 4) is 23.3 Å². The van der Waals surface area contributed by atoms with Crippen molar-refractivity contribution in [3.63, 3.8) is 0 Å². The summed E-state index contributed by atoms with van der Waals surface area (Å²) in [7, 11) is 0. The minimum Gasteiger partial charge on any atom is -0.456 e. The number of aromatic nitrogens is 3. The lowest BCUT2D eigenvalue weighted by Crippen LogP contribution is -2.33. The van der Waals surface area contributed by atoms with Crippen molar-refractivity contribution in [1.82, 2.24) is 14.8 Å². The molecule has 1 fully saturated rings. The highest BCUT2D eigenvalue weighted by atomic mass is 35.5. The van der Waals surface area contributed by atoms with Gasteiger partial charge in [-0.3, -0.25) is 14.6 Å². The first kappa shape index (κ1) is 28.7. The zero-order valence-corrected chi connectivity index (χ0v) is 23.2. The number of amides is 1. The second kappa shape index (κ2) is 11.7. The van der Waals surface area contributed by atoms with E-state index in [1.165, 1.54) is 18.9 Å². The Balaban J connectivity index is 0.000000715. The van der Waals surface area contributed by atoms with Gasteiger partial charge >= 0.3 is 5.69 Å². The summed E-state index contributed by atoms with van der Waals surface area (Å²) in [5, 5.41) is 15.9. The van der Waals surface area contributed by atoms with Crippen LogP contribution < -0.4 is 21.3 Å². The maximum absolute atomic E-state index is 12.2. The van der Waals surface area contributed by atoms with E-state index in [9.17, 15) is 14.4 Å². The van der Waals surface area contributed by atoms with Gasteiger partial charge in [-0.25, -0.2) is 4.79 Å². The molecule has 0 radical (unpaired) electrons. The van der Waals surface area contributed by atoms with E-state index in [0.717, 1.165) is 15.7 Å². The first-order valence-electron chi connectivity index (χ1n) is 12.4. The van der Waals surface area contributed by atoms with Crippen LogP contribution in [0.2, 0.25) is 5.02 Å². The van der Waals surface area contributed by atoms with Crippen LogP contribution in [0, 0.1) is 29.6 Å². The molecular weight excluding hydrogens is 506 g/mol. The maximum atomic E-state index is 12.2. The molecule has 3 aromatic rings. The predicted molar refractivity (Wildman–Crippen MR) is 147 cm³/mol. The topological polar surface area (TPSA) is 130 Å². The highest BCUT2D eigenvalue weighted by Gasteiger charge is 2.30. The van der Waals surface area contributed by atoms with Gasteiger partial charge in [0, 0.05) is 11.6 Å². The van der Waals surface area contributed by atoms with E-state index < -0.39 is 16.9 Å². The number of hydrogen-bond donors (Lipinski definition) is 2.